The fourth-order valence-electron chi connectivity index (χ4n) is 14.0. The van der Waals surface area contributed by atoms with Crippen LogP contribution in [0.1, 0.15) is 118 Å². The van der Waals surface area contributed by atoms with Crippen molar-refractivity contribution in [2.45, 2.75) is 113 Å². The summed E-state index contributed by atoms with van der Waals surface area (Å²) in [7, 11) is 7.32. The van der Waals surface area contributed by atoms with Crippen molar-refractivity contribution in [1.29, 1.82) is 0 Å². The molecule has 5 aromatic carbocycles. The van der Waals surface area contributed by atoms with Gasteiger partial charge in [-0.3, -0.25) is 29.5 Å². The van der Waals surface area contributed by atoms with Gasteiger partial charge in [-0.1, -0.05) is 97.4 Å². The van der Waals surface area contributed by atoms with Crippen LogP contribution < -0.4 is 5.32 Å². The number of alkyl halides is 6. The summed E-state index contributed by atoms with van der Waals surface area (Å²) in [5, 5.41) is 2.93. The first-order chi connectivity index (χ1) is 47.4. The number of benzene rings is 5. The molecule has 1 N–H and O–H groups in total. The molecule has 3 aliphatic heterocycles. The zero-order chi connectivity index (χ0) is 70.5. The summed E-state index contributed by atoms with van der Waals surface area (Å²) < 4.78 is 116. The lowest BCUT2D eigenvalue weighted by Crippen LogP contribution is -2.50. The van der Waals surface area contributed by atoms with E-state index in [9.17, 15) is 54.7 Å². The fraction of sp³-hybridized carbons (Fsp3) is 0.467. The maximum Gasteiger partial charge on any atom is 0.416 e. The normalized spacial score (nSPS) is 18.1. The molecule has 4 aliphatic rings. The minimum atomic E-state index is -5.15. The predicted octanol–water partition coefficient (Wildman–Crippen LogP) is 12.4. The van der Waals surface area contributed by atoms with Gasteiger partial charge in [-0.25, -0.2) is 9.18 Å². The highest BCUT2D eigenvalue weighted by molar-refractivity contribution is 5.95. The number of amides is 5. The molecule has 6 aromatic rings. The first-order valence-electron chi connectivity index (χ1n) is 34.0. The van der Waals surface area contributed by atoms with Crippen LogP contribution in [0.4, 0.5) is 41.2 Å². The van der Waals surface area contributed by atoms with E-state index in [1.165, 1.54) is 24.3 Å². The molecule has 0 unspecified atom stereocenters. The number of unbranched alkanes of at least 4 members (excludes halogenated alkanes) is 2. The van der Waals surface area contributed by atoms with E-state index in [0.717, 1.165) is 91.0 Å². The van der Waals surface area contributed by atoms with E-state index in [0.29, 0.717) is 107 Å². The van der Waals surface area contributed by atoms with Crippen molar-refractivity contribution in [1.82, 2.24) is 39.3 Å². The molecule has 4 heterocycles. The molecule has 17 nitrogen and oxygen atoms in total. The van der Waals surface area contributed by atoms with Crippen molar-refractivity contribution in [3.8, 4) is 11.1 Å². The van der Waals surface area contributed by atoms with Gasteiger partial charge >= 0.3 is 18.4 Å². The first kappa shape index (κ1) is 73.4. The number of aromatic nitrogens is 1. The number of likely N-dealkylation sites (N-methyl/N-ethyl adjacent to an activating group) is 2. The second-order valence-corrected chi connectivity index (χ2v) is 26.8. The number of rotatable bonds is 27. The van der Waals surface area contributed by atoms with Crippen LogP contribution in [0.5, 0.6) is 0 Å². The van der Waals surface area contributed by atoms with Gasteiger partial charge in [0.15, 0.2) is 0 Å². The summed E-state index contributed by atoms with van der Waals surface area (Å²) in [5.41, 5.74) is 1.03. The fourth-order valence-corrected chi connectivity index (χ4v) is 14.0. The summed E-state index contributed by atoms with van der Waals surface area (Å²) >= 11 is 0. The van der Waals surface area contributed by atoms with Gasteiger partial charge in [0.25, 0.3) is 11.8 Å². The molecule has 2 atom stereocenters. The molecule has 10 rings (SSSR count). The predicted molar refractivity (Wildman–Crippen MR) is 361 cm³/mol. The zero-order valence-corrected chi connectivity index (χ0v) is 56.6. The average molecular weight is 1380 g/mol. The lowest BCUT2D eigenvalue weighted by atomic mass is 9.72. The summed E-state index contributed by atoms with van der Waals surface area (Å²) in [6.07, 6.45) is -2.21. The number of pyridine rings is 1. The van der Waals surface area contributed by atoms with Crippen LogP contribution in [0.2, 0.25) is 0 Å². The Kier molecular flexibility index (Phi) is 24.3. The third kappa shape index (κ3) is 19.0. The number of nitrogens with one attached hydrogen (secondary N) is 1. The Morgan fingerprint density at radius 1 is 0.677 bits per heavy atom. The van der Waals surface area contributed by atoms with E-state index in [4.69, 9.17) is 14.2 Å². The Balaban J connectivity index is 0.603. The topological polar surface area (TPSA) is 161 Å². The minimum Gasteiger partial charge on any atom is -0.446 e. The number of carbonyl (C=O) groups excluding carboxylic acids is 5. The van der Waals surface area contributed by atoms with Crippen LogP contribution in [0, 0.1) is 5.82 Å². The number of likely N-dealkylation sites (tertiary alicyclic amines) is 2. The van der Waals surface area contributed by atoms with Crippen LogP contribution in [0.25, 0.3) is 11.1 Å². The molecule has 1 aromatic heterocycles. The lowest BCUT2D eigenvalue weighted by Gasteiger charge is -2.44. The molecule has 0 saturated carbocycles. The van der Waals surface area contributed by atoms with Crippen molar-refractivity contribution in [3.63, 3.8) is 0 Å². The molecular weight excluding hydrogens is 1290 g/mol. The van der Waals surface area contributed by atoms with Gasteiger partial charge in [-0.15, -0.1) is 0 Å². The van der Waals surface area contributed by atoms with Crippen LogP contribution in [-0.2, 0) is 60.1 Å². The van der Waals surface area contributed by atoms with Gasteiger partial charge in [0.05, 0.1) is 29.5 Å². The Morgan fingerprint density at radius 2 is 1.33 bits per heavy atom. The van der Waals surface area contributed by atoms with E-state index in [-0.39, 0.29) is 55.6 Å². The number of piperidine rings is 2. The third-order valence-electron chi connectivity index (χ3n) is 19.9. The van der Waals surface area contributed by atoms with E-state index < -0.39 is 64.6 Å². The average Bonchev–Trinajstić information content (AvgIpc) is 1.63. The maximum atomic E-state index is 14.2. The standard InChI is InChI=1S/C75H88F7N9O8/c1-85(34-14-6-9-22-67(92)87(3)42-43-89-37-29-61(30-38-89)99-71(96)84-64-21-13-11-19-62(64)54-16-7-5-8-17-54)49-53-23-28-65(83-48-53)70(95)88(4)36-15-35-86(2)68(93)50-97-66-46-55-18-10-12-20-63(55)72(66)31-39-90(40-32-72)41-33-73(57-24-26-60(76)27-25-57)51-91(52-98-73)69(94)56-44-58(74(77,78)79)47-59(45-56)75(80,81)82/h5,7-8,10-13,16-21,23-28,44-45,47-48,61,66H,6,9,14-15,22,29-43,46,49-52H2,1-4H3,(H,84,96)/t66-,73+/m0/s1. The van der Waals surface area contributed by atoms with Gasteiger partial charge in [0.1, 0.15) is 36.6 Å². The number of carbonyl (C=O) groups is 5. The Morgan fingerprint density at radius 3 is 2.03 bits per heavy atom. The second kappa shape index (κ2) is 32.8. The van der Waals surface area contributed by atoms with Crippen LogP contribution in [0.3, 0.4) is 0 Å². The second-order valence-electron chi connectivity index (χ2n) is 26.8. The molecule has 0 bridgehead atoms. The lowest BCUT2D eigenvalue weighted by molar-refractivity contribution is -0.143. The first-order valence-corrected chi connectivity index (χ1v) is 34.0. The Hall–Kier alpha value is -8.29. The van der Waals surface area contributed by atoms with Crippen LogP contribution in [0.15, 0.2) is 140 Å². The van der Waals surface area contributed by atoms with Crippen LogP contribution in [-0.4, -0.2) is 195 Å². The summed E-state index contributed by atoms with van der Waals surface area (Å²) in [5.74, 6) is -1.91. The number of halogens is 7. The molecule has 3 fully saturated rings. The quantitative estimate of drug-likeness (QED) is 0.0385. The number of hydrogen-bond acceptors (Lipinski definition) is 12. The molecule has 24 heteroatoms. The minimum absolute atomic E-state index is 0.0288. The van der Waals surface area contributed by atoms with Gasteiger partial charge in [0, 0.05) is 103 Å². The molecular formula is C75H88F7N9O8. The van der Waals surface area contributed by atoms with E-state index >= 15 is 0 Å². The number of hydrogen-bond donors (Lipinski definition) is 1. The maximum absolute atomic E-state index is 14.2. The highest BCUT2D eigenvalue weighted by Gasteiger charge is 2.50. The molecule has 5 amide bonds. The van der Waals surface area contributed by atoms with Crippen LogP contribution >= 0.6 is 0 Å². The van der Waals surface area contributed by atoms with Gasteiger partial charge < -0.3 is 48.5 Å². The molecule has 1 spiro atoms. The number of fused-ring (bicyclic) bond motifs is 2. The monoisotopic (exact) mass is 1380 g/mol. The third-order valence-corrected chi connectivity index (χ3v) is 19.9. The van der Waals surface area contributed by atoms with Crippen molar-refractivity contribution < 1.29 is 68.9 Å². The number of nitrogens with zero attached hydrogens (tertiary/aromatic N) is 8. The zero-order valence-electron chi connectivity index (χ0n) is 56.6. The number of para-hydroxylation sites is 1. The van der Waals surface area contributed by atoms with Gasteiger partial charge in [-0.05, 0) is 155 Å². The molecule has 99 heavy (non-hydrogen) atoms. The Labute approximate surface area is 574 Å². The Bertz CT molecular complexity index is 3690. The van der Waals surface area contributed by atoms with E-state index in [1.807, 2.05) is 91.8 Å². The van der Waals surface area contributed by atoms with Crippen molar-refractivity contribution >= 4 is 35.4 Å². The van der Waals surface area contributed by atoms with E-state index in [1.54, 1.807) is 36.2 Å². The highest BCUT2D eigenvalue weighted by Crippen LogP contribution is 2.48. The highest BCUT2D eigenvalue weighted by atomic mass is 19.4. The van der Waals surface area contributed by atoms with Crippen molar-refractivity contribution in [2.24, 2.45) is 0 Å². The number of anilines is 1. The smallest absolute Gasteiger partial charge is 0.416 e. The van der Waals surface area contributed by atoms with Crippen molar-refractivity contribution in [3.05, 3.63) is 190 Å². The summed E-state index contributed by atoms with van der Waals surface area (Å²) in [6.45, 7) is 6.04. The summed E-state index contributed by atoms with van der Waals surface area (Å²) in [4.78, 5) is 84.1. The molecule has 3 saturated heterocycles. The largest absolute Gasteiger partial charge is 0.446 e. The van der Waals surface area contributed by atoms with E-state index in [2.05, 4.69) is 37.1 Å². The SMILES string of the molecule is CN(CCCCCC(=O)N(C)CCN1CCC(OC(=O)Nc2ccccc2-c2ccccc2)CC1)Cc1ccc(C(=O)N(C)CCCN(C)C(=O)CO[C@H]2Cc3ccccc3C23CCN(CC[C@]2(c4ccc(F)cc4)CN(C(=O)c4cc(C(F)(F)F)cc(C(F)(F)F)c4)CO2)CC3)nc1. The van der Waals surface area contributed by atoms with Crippen molar-refractivity contribution in [2.75, 3.05) is 119 Å². The van der Waals surface area contributed by atoms with Gasteiger partial charge in [-0.2, -0.15) is 26.3 Å². The molecule has 0 radical (unpaired) electrons. The summed E-state index contributed by atoms with van der Waals surface area (Å²) in [6, 6.07) is 35.6. The van der Waals surface area contributed by atoms with Gasteiger partial charge in [0.2, 0.25) is 11.8 Å². The molecule has 530 valence electrons. The number of ether oxygens (including phenoxy) is 3. The molecule has 1 aliphatic carbocycles.